The van der Waals surface area contributed by atoms with Gasteiger partial charge in [0.15, 0.2) is 18.9 Å². The van der Waals surface area contributed by atoms with Crippen LogP contribution >= 0.6 is 0 Å². The molecule has 0 spiro atoms. The van der Waals surface area contributed by atoms with E-state index in [0.717, 1.165) is 0 Å². The van der Waals surface area contributed by atoms with Crippen molar-refractivity contribution in [2.24, 2.45) is 0 Å². The molecule has 9 heteroatoms. The minimum Gasteiger partial charge on any atom is -0.481 e. The summed E-state index contributed by atoms with van der Waals surface area (Å²) in [6.45, 7) is 0.186. The van der Waals surface area contributed by atoms with Crippen molar-refractivity contribution in [3.63, 3.8) is 0 Å². The lowest BCUT2D eigenvalue weighted by Crippen LogP contribution is -2.46. The molecular formula is C11H14O9. The Labute approximate surface area is 113 Å². The highest BCUT2D eigenvalue weighted by Gasteiger charge is 2.55. The smallest absolute Gasteiger partial charge is 0.308 e. The van der Waals surface area contributed by atoms with Gasteiger partial charge in [0.05, 0.1) is 19.4 Å². The van der Waals surface area contributed by atoms with Gasteiger partial charge in [-0.2, -0.15) is 0 Å². The lowest BCUT2D eigenvalue weighted by Gasteiger charge is -2.32. The van der Waals surface area contributed by atoms with E-state index < -0.39 is 49.1 Å². The Morgan fingerprint density at radius 3 is 2.25 bits per heavy atom. The molecule has 112 valence electrons. The molecule has 3 aliphatic heterocycles. The molecule has 3 heterocycles. The quantitative estimate of drug-likeness (QED) is 0.681. The topological polar surface area (TPSA) is 121 Å². The third-order valence-corrected chi connectivity index (χ3v) is 3.30. The Bertz CT molecular complexity index is 411. The maximum atomic E-state index is 10.6. The first-order valence-electron chi connectivity index (χ1n) is 6.20. The molecule has 3 fully saturated rings. The number of carboxylic acids is 2. The van der Waals surface area contributed by atoms with Crippen molar-refractivity contribution < 1.29 is 43.5 Å². The van der Waals surface area contributed by atoms with Crippen LogP contribution in [0.3, 0.4) is 0 Å². The molecule has 3 aliphatic rings. The summed E-state index contributed by atoms with van der Waals surface area (Å²) in [6.07, 6.45) is -4.50. The second-order valence-electron chi connectivity index (χ2n) is 4.77. The van der Waals surface area contributed by atoms with E-state index >= 15 is 0 Å². The number of ether oxygens (including phenoxy) is 5. The molecule has 6 unspecified atom stereocenters. The van der Waals surface area contributed by atoms with E-state index in [-0.39, 0.29) is 19.4 Å². The molecule has 0 aliphatic carbocycles. The van der Waals surface area contributed by atoms with Gasteiger partial charge in [-0.25, -0.2) is 0 Å². The first-order chi connectivity index (χ1) is 9.52. The second kappa shape index (κ2) is 5.26. The zero-order valence-corrected chi connectivity index (χ0v) is 10.3. The number of fused-ring (bicyclic) bond motifs is 3. The van der Waals surface area contributed by atoms with E-state index in [1.54, 1.807) is 0 Å². The zero-order chi connectivity index (χ0) is 14.3. The number of rotatable bonds is 4. The predicted octanol–water partition coefficient (Wildman–Crippen LogP) is -0.856. The van der Waals surface area contributed by atoms with Gasteiger partial charge in [0.25, 0.3) is 0 Å². The van der Waals surface area contributed by atoms with Crippen LogP contribution in [0.2, 0.25) is 0 Å². The fraction of sp³-hybridized carbons (Fsp3) is 0.818. The molecule has 6 atom stereocenters. The van der Waals surface area contributed by atoms with Crippen LogP contribution in [0.15, 0.2) is 0 Å². The van der Waals surface area contributed by atoms with Gasteiger partial charge in [0.1, 0.15) is 18.3 Å². The van der Waals surface area contributed by atoms with Crippen molar-refractivity contribution in [3.8, 4) is 0 Å². The standard InChI is InChI=1S/C11H14O9/c12-5(13)1-7-16-3-4-9(18-7)10-11(17-4)20-8(19-10)2-6(14)15/h4,7-11H,1-3H2,(H,12,13)(H,14,15). The van der Waals surface area contributed by atoms with Crippen molar-refractivity contribution in [2.45, 2.75) is 50.0 Å². The van der Waals surface area contributed by atoms with Gasteiger partial charge in [-0.1, -0.05) is 0 Å². The summed E-state index contributed by atoms with van der Waals surface area (Å²) in [4.78, 5) is 21.3. The lowest BCUT2D eigenvalue weighted by atomic mass is 10.1. The molecule has 9 nitrogen and oxygen atoms in total. The van der Waals surface area contributed by atoms with Crippen molar-refractivity contribution in [1.82, 2.24) is 0 Å². The van der Waals surface area contributed by atoms with E-state index in [2.05, 4.69) is 0 Å². The second-order valence-corrected chi connectivity index (χ2v) is 4.77. The molecular weight excluding hydrogens is 276 g/mol. The summed E-state index contributed by atoms with van der Waals surface area (Å²) in [5.74, 6) is -2.07. The van der Waals surface area contributed by atoms with Gasteiger partial charge >= 0.3 is 11.9 Å². The average Bonchev–Trinajstić information content (AvgIpc) is 2.85. The van der Waals surface area contributed by atoms with Crippen molar-refractivity contribution in [3.05, 3.63) is 0 Å². The van der Waals surface area contributed by atoms with E-state index in [1.807, 2.05) is 0 Å². The molecule has 3 saturated heterocycles. The van der Waals surface area contributed by atoms with E-state index in [0.29, 0.717) is 0 Å². The maximum Gasteiger partial charge on any atom is 0.308 e. The highest BCUT2D eigenvalue weighted by molar-refractivity contribution is 5.67. The molecule has 0 bridgehead atoms. The summed E-state index contributed by atoms with van der Waals surface area (Å²) in [6, 6.07) is 0. The third-order valence-electron chi connectivity index (χ3n) is 3.30. The van der Waals surface area contributed by atoms with Gasteiger partial charge in [-0.15, -0.1) is 0 Å². The maximum absolute atomic E-state index is 10.6. The molecule has 0 aromatic rings. The highest BCUT2D eigenvalue weighted by Crippen LogP contribution is 2.37. The molecule has 0 aromatic carbocycles. The van der Waals surface area contributed by atoms with Gasteiger partial charge in [0, 0.05) is 0 Å². The van der Waals surface area contributed by atoms with E-state index in [9.17, 15) is 9.59 Å². The fourth-order valence-corrected chi connectivity index (χ4v) is 2.51. The summed E-state index contributed by atoms with van der Waals surface area (Å²) in [5.41, 5.74) is 0. The third kappa shape index (κ3) is 2.63. The SMILES string of the molecule is O=C(O)CC1OCC2OC3OC(CC(=O)O)OC3C2O1. The predicted molar refractivity (Wildman–Crippen MR) is 57.5 cm³/mol. The van der Waals surface area contributed by atoms with Gasteiger partial charge < -0.3 is 33.9 Å². The van der Waals surface area contributed by atoms with Crippen LogP contribution in [-0.4, -0.2) is 65.9 Å². The molecule has 20 heavy (non-hydrogen) atoms. The van der Waals surface area contributed by atoms with Crippen molar-refractivity contribution in [1.29, 1.82) is 0 Å². The monoisotopic (exact) mass is 290 g/mol. The van der Waals surface area contributed by atoms with E-state index in [4.69, 9.17) is 33.9 Å². The van der Waals surface area contributed by atoms with Gasteiger partial charge in [-0.05, 0) is 0 Å². The number of carbonyl (C=O) groups is 2. The van der Waals surface area contributed by atoms with Crippen LogP contribution in [0.25, 0.3) is 0 Å². The van der Waals surface area contributed by atoms with Gasteiger partial charge in [-0.3, -0.25) is 9.59 Å². The Kier molecular flexibility index (Phi) is 3.61. The Balaban J connectivity index is 1.61. The summed E-state index contributed by atoms with van der Waals surface area (Å²) < 4.78 is 27.0. The van der Waals surface area contributed by atoms with Crippen LogP contribution in [0.5, 0.6) is 0 Å². The lowest BCUT2D eigenvalue weighted by molar-refractivity contribution is -0.270. The number of hydrogen-bond donors (Lipinski definition) is 2. The van der Waals surface area contributed by atoms with Gasteiger partial charge in [0.2, 0.25) is 0 Å². The fourth-order valence-electron chi connectivity index (χ4n) is 2.51. The number of carboxylic acid groups (broad SMARTS) is 2. The number of aliphatic carboxylic acids is 2. The summed E-state index contributed by atoms with van der Waals surface area (Å²) in [5, 5.41) is 17.4. The molecule has 0 aromatic heterocycles. The van der Waals surface area contributed by atoms with Crippen molar-refractivity contribution >= 4 is 11.9 Å². The molecule has 3 rings (SSSR count). The first kappa shape index (κ1) is 13.7. The Morgan fingerprint density at radius 2 is 1.55 bits per heavy atom. The minimum absolute atomic E-state index is 0.186. The van der Waals surface area contributed by atoms with Crippen LogP contribution in [0.1, 0.15) is 12.8 Å². The largest absolute Gasteiger partial charge is 0.481 e. The normalized spacial score (nSPS) is 43.0. The van der Waals surface area contributed by atoms with E-state index in [1.165, 1.54) is 0 Å². The number of hydrogen-bond acceptors (Lipinski definition) is 7. The van der Waals surface area contributed by atoms with Crippen LogP contribution in [0, 0.1) is 0 Å². The molecule has 0 radical (unpaired) electrons. The average molecular weight is 290 g/mol. The highest BCUT2D eigenvalue weighted by atomic mass is 16.8. The Hall–Kier alpha value is -1.26. The summed E-state index contributed by atoms with van der Waals surface area (Å²) in [7, 11) is 0. The molecule has 2 N–H and O–H groups in total. The van der Waals surface area contributed by atoms with Crippen LogP contribution < -0.4 is 0 Å². The molecule has 0 amide bonds. The minimum atomic E-state index is -1.04. The Morgan fingerprint density at radius 1 is 0.900 bits per heavy atom. The van der Waals surface area contributed by atoms with Crippen LogP contribution in [0.4, 0.5) is 0 Å². The van der Waals surface area contributed by atoms with Crippen LogP contribution in [-0.2, 0) is 33.3 Å². The first-order valence-corrected chi connectivity index (χ1v) is 6.20. The van der Waals surface area contributed by atoms with Crippen molar-refractivity contribution in [2.75, 3.05) is 6.61 Å². The molecule has 0 saturated carbocycles. The summed E-state index contributed by atoms with van der Waals surface area (Å²) >= 11 is 0. The zero-order valence-electron chi connectivity index (χ0n) is 10.3.